The van der Waals surface area contributed by atoms with Gasteiger partial charge in [0.2, 0.25) is 11.8 Å². The van der Waals surface area contributed by atoms with Crippen LogP contribution in [0.2, 0.25) is 0 Å². The highest BCUT2D eigenvalue weighted by molar-refractivity contribution is 5.94. The Morgan fingerprint density at radius 3 is 1.55 bits per heavy atom. The lowest BCUT2D eigenvalue weighted by atomic mass is 9.97. The Bertz CT molecular complexity index is 710. The number of rotatable bonds is 14. The third-order valence-corrected chi connectivity index (χ3v) is 4.90. The molecule has 0 aliphatic carbocycles. The van der Waals surface area contributed by atoms with Crippen molar-refractivity contribution < 1.29 is 39.3 Å². The summed E-state index contributed by atoms with van der Waals surface area (Å²) in [6, 6.07) is -4.80. The van der Waals surface area contributed by atoms with Crippen molar-refractivity contribution in [2.75, 3.05) is 0 Å². The van der Waals surface area contributed by atoms with Crippen LogP contribution in [0.15, 0.2) is 0 Å². The Hall–Kier alpha value is -2.73. The molecular formula is C21H38N4O8. The van der Waals surface area contributed by atoms with Gasteiger partial charge in [-0.05, 0) is 24.2 Å². The molecule has 0 unspecified atom stereocenters. The molecule has 0 bridgehead atoms. The number of hydrogen-bond acceptors (Lipinski definition) is 7. The van der Waals surface area contributed by atoms with Gasteiger partial charge in [-0.15, -0.1) is 0 Å². The van der Waals surface area contributed by atoms with E-state index in [-0.39, 0.29) is 5.92 Å². The minimum Gasteiger partial charge on any atom is -0.481 e. The Labute approximate surface area is 193 Å². The summed E-state index contributed by atoms with van der Waals surface area (Å²) in [4.78, 5) is 60.0. The highest BCUT2D eigenvalue weighted by atomic mass is 16.4. The molecule has 0 rings (SSSR count). The summed E-state index contributed by atoms with van der Waals surface area (Å²) < 4.78 is 0. The molecule has 0 saturated carbocycles. The van der Waals surface area contributed by atoms with Crippen LogP contribution < -0.4 is 21.7 Å². The second-order valence-electron chi connectivity index (χ2n) is 9.20. The molecule has 0 aliphatic rings. The van der Waals surface area contributed by atoms with Gasteiger partial charge >= 0.3 is 11.9 Å². The molecule has 12 nitrogen and oxygen atoms in total. The number of carbonyl (C=O) groups excluding carboxylic acids is 3. The number of amides is 3. The van der Waals surface area contributed by atoms with E-state index in [1.54, 1.807) is 27.7 Å². The summed E-state index contributed by atoms with van der Waals surface area (Å²) >= 11 is 0. The van der Waals surface area contributed by atoms with Crippen LogP contribution in [0.3, 0.4) is 0 Å². The van der Waals surface area contributed by atoms with Crippen molar-refractivity contribution in [2.45, 2.75) is 84.7 Å². The van der Waals surface area contributed by atoms with E-state index in [4.69, 9.17) is 15.9 Å². The van der Waals surface area contributed by atoms with Crippen molar-refractivity contribution in [2.24, 2.45) is 23.5 Å². The van der Waals surface area contributed by atoms with Crippen LogP contribution in [-0.2, 0) is 24.0 Å². The highest BCUT2D eigenvalue weighted by Gasteiger charge is 2.34. The maximum absolute atomic E-state index is 12.9. The van der Waals surface area contributed by atoms with Crippen molar-refractivity contribution in [3.05, 3.63) is 0 Å². The molecule has 0 aromatic carbocycles. The first-order chi connectivity index (χ1) is 15.1. The molecule has 5 atom stereocenters. The van der Waals surface area contributed by atoms with E-state index < -0.39 is 78.2 Å². The van der Waals surface area contributed by atoms with Gasteiger partial charge in [0.1, 0.15) is 24.2 Å². The van der Waals surface area contributed by atoms with Gasteiger partial charge in [0, 0.05) is 6.04 Å². The Kier molecular flexibility index (Phi) is 12.6. The minimum atomic E-state index is -1.67. The van der Waals surface area contributed by atoms with Crippen LogP contribution in [0.4, 0.5) is 0 Å². The second-order valence-corrected chi connectivity index (χ2v) is 9.20. The molecule has 33 heavy (non-hydrogen) atoms. The zero-order chi connectivity index (χ0) is 26.0. The molecule has 0 radical (unpaired) electrons. The molecule has 3 amide bonds. The Balaban J connectivity index is 5.41. The van der Waals surface area contributed by atoms with Crippen LogP contribution in [0, 0.1) is 17.8 Å². The first kappa shape index (κ1) is 30.3. The predicted octanol–water partition coefficient (Wildman–Crippen LogP) is -0.954. The van der Waals surface area contributed by atoms with E-state index in [1.807, 2.05) is 13.8 Å². The fourth-order valence-corrected chi connectivity index (χ4v) is 3.06. The SMILES string of the molecule is CC(C)C[C@H](N)[C@@H](O)C(=O)N[C@@H](C(=O)N[C@@H](C(=O)N[C@H](CC(=O)O)C(=O)O)C(C)C)C(C)C. The third-order valence-electron chi connectivity index (χ3n) is 4.90. The maximum atomic E-state index is 12.9. The lowest BCUT2D eigenvalue weighted by Gasteiger charge is -2.29. The zero-order valence-electron chi connectivity index (χ0n) is 20.0. The molecule has 0 aromatic rings. The minimum absolute atomic E-state index is 0.146. The summed E-state index contributed by atoms with van der Waals surface area (Å²) in [5.41, 5.74) is 5.86. The average Bonchev–Trinajstić information content (AvgIpc) is 2.66. The fourth-order valence-electron chi connectivity index (χ4n) is 3.06. The molecule has 0 aromatic heterocycles. The number of aliphatic carboxylic acids is 2. The lowest BCUT2D eigenvalue weighted by molar-refractivity contribution is -0.147. The summed E-state index contributed by atoms with van der Waals surface area (Å²) in [5, 5.41) is 35.2. The molecule has 0 saturated heterocycles. The van der Waals surface area contributed by atoms with E-state index in [0.29, 0.717) is 6.42 Å². The average molecular weight is 475 g/mol. The largest absolute Gasteiger partial charge is 0.481 e. The number of carbonyl (C=O) groups is 5. The van der Waals surface area contributed by atoms with Gasteiger partial charge in [0.15, 0.2) is 0 Å². The standard InChI is InChI=1S/C21H38N4O8/c1-9(2)7-12(22)17(28)20(31)25-16(11(5)6)19(30)24-15(10(3)4)18(29)23-13(21(32)33)8-14(26)27/h9-13,15-17,28H,7-8,22H2,1-6H3,(H,23,29)(H,24,30)(H,25,31)(H,26,27)(H,32,33)/t12-,13+,15+,16+,17+/m0/s1. The number of hydrogen-bond donors (Lipinski definition) is 7. The Morgan fingerprint density at radius 2 is 1.18 bits per heavy atom. The summed E-state index contributed by atoms with van der Waals surface area (Å²) in [5.74, 6) is -6.12. The van der Waals surface area contributed by atoms with Gasteiger partial charge in [-0.2, -0.15) is 0 Å². The van der Waals surface area contributed by atoms with Crippen molar-refractivity contribution in [3.8, 4) is 0 Å². The number of nitrogens with two attached hydrogens (primary N) is 1. The monoisotopic (exact) mass is 474 g/mol. The van der Waals surface area contributed by atoms with Gasteiger partial charge in [-0.1, -0.05) is 41.5 Å². The number of aliphatic hydroxyl groups is 1. The van der Waals surface area contributed by atoms with Crippen molar-refractivity contribution in [1.29, 1.82) is 0 Å². The molecule has 8 N–H and O–H groups in total. The van der Waals surface area contributed by atoms with E-state index >= 15 is 0 Å². The van der Waals surface area contributed by atoms with E-state index in [2.05, 4.69) is 16.0 Å². The smallest absolute Gasteiger partial charge is 0.326 e. The second kappa shape index (κ2) is 13.7. The van der Waals surface area contributed by atoms with E-state index in [0.717, 1.165) is 0 Å². The van der Waals surface area contributed by atoms with Crippen molar-refractivity contribution in [1.82, 2.24) is 16.0 Å². The van der Waals surface area contributed by atoms with Crippen molar-refractivity contribution >= 4 is 29.7 Å². The van der Waals surface area contributed by atoms with E-state index in [9.17, 15) is 29.1 Å². The molecule has 190 valence electrons. The number of carboxylic acids is 2. The Morgan fingerprint density at radius 1 is 0.758 bits per heavy atom. The van der Waals surface area contributed by atoms with Gasteiger partial charge in [-0.25, -0.2) is 4.79 Å². The van der Waals surface area contributed by atoms with Crippen LogP contribution in [-0.4, -0.2) is 75.3 Å². The fraction of sp³-hybridized carbons (Fsp3) is 0.762. The van der Waals surface area contributed by atoms with Gasteiger partial charge in [-0.3, -0.25) is 19.2 Å². The molecule has 12 heteroatoms. The lowest BCUT2D eigenvalue weighted by Crippen LogP contribution is -2.60. The maximum Gasteiger partial charge on any atom is 0.326 e. The predicted molar refractivity (Wildman–Crippen MR) is 119 cm³/mol. The van der Waals surface area contributed by atoms with Crippen LogP contribution >= 0.6 is 0 Å². The number of aliphatic hydroxyl groups excluding tert-OH is 1. The number of carboxylic acid groups (broad SMARTS) is 2. The zero-order valence-corrected chi connectivity index (χ0v) is 20.0. The number of nitrogens with one attached hydrogen (secondary N) is 3. The molecular weight excluding hydrogens is 436 g/mol. The normalized spacial score (nSPS) is 16.0. The van der Waals surface area contributed by atoms with Gasteiger partial charge < -0.3 is 37.0 Å². The third kappa shape index (κ3) is 10.6. The van der Waals surface area contributed by atoms with Crippen LogP contribution in [0.1, 0.15) is 54.4 Å². The van der Waals surface area contributed by atoms with Gasteiger partial charge in [0.25, 0.3) is 5.91 Å². The van der Waals surface area contributed by atoms with Crippen LogP contribution in [0.5, 0.6) is 0 Å². The molecule has 0 heterocycles. The molecule has 0 spiro atoms. The quantitative estimate of drug-likeness (QED) is 0.165. The summed E-state index contributed by atoms with van der Waals surface area (Å²) in [6.07, 6.45) is -1.97. The first-order valence-electron chi connectivity index (χ1n) is 10.9. The summed E-state index contributed by atoms with van der Waals surface area (Å²) in [7, 11) is 0. The van der Waals surface area contributed by atoms with Crippen molar-refractivity contribution in [3.63, 3.8) is 0 Å². The van der Waals surface area contributed by atoms with Crippen LogP contribution in [0.25, 0.3) is 0 Å². The molecule has 0 fully saturated rings. The first-order valence-corrected chi connectivity index (χ1v) is 10.9. The molecule has 0 aliphatic heterocycles. The summed E-state index contributed by atoms with van der Waals surface area (Å²) in [6.45, 7) is 10.3. The van der Waals surface area contributed by atoms with E-state index in [1.165, 1.54) is 0 Å². The highest BCUT2D eigenvalue weighted by Crippen LogP contribution is 2.10. The topological polar surface area (TPSA) is 208 Å². The van der Waals surface area contributed by atoms with Gasteiger partial charge in [0.05, 0.1) is 6.42 Å².